The Labute approximate surface area is 324 Å². The summed E-state index contributed by atoms with van der Waals surface area (Å²) in [6, 6.07) is 0. The van der Waals surface area contributed by atoms with Crippen LogP contribution in [0.25, 0.3) is 0 Å². The number of nitrogens with two attached hydrogens (primary N) is 1. The Morgan fingerprint density at radius 2 is 1.08 bits per heavy atom. The highest BCUT2D eigenvalue weighted by Gasteiger charge is 2.25. The number of rotatable bonds is 39. The molecule has 0 aromatic carbocycles. The van der Waals surface area contributed by atoms with Crippen LogP contribution in [0.2, 0.25) is 0 Å². The molecule has 9 nitrogen and oxygen atoms in total. The number of esters is 2. The summed E-state index contributed by atoms with van der Waals surface area (Å²) in [5, 5.41) is 0. The van der Waals surface area contributed by atoms with Crippen molar-refractivity contribution in [1.82, 2.24) is 0 Å². The topological polar surface area (TPSA) is 134 Å². The average Bonchev–Trinajstić information content (AvgIpc) is 3.14. The zero-order valence-electron chi connectivity index (χ0n) is 33.7. The van der Waals surface area contributed by atoms with E-state index in [1.807, 2.05) is 12.2 Å². The molecule has 0 heterocycles. The largest absolute Gasteiger partial charge is 0.472 e. The lowest BCUT2D eigenvalue weighted by molar-refractivity contribution is -0.161. The maximum Gasteiger partial charge on any atom is 0.472 e. The number of phosphoric ester groups is 1. The van der Waals surface area contributed by atoms with E-state index in [2.05, 4.69) is 50.3 Å². The first-order valence-corrected chi connectivity index (χ1v) is 22.6. The number of phosphoric acid groups is 1. The predicted octanol–water partition coefficient (Wildman–Crippen LogP) is 11.9. The van der Waals surface area contributed by atoms with Crippen LogP contribution in [-0.4, -0.2) is 49.3 Å². The van der Waals surface area contributed by atoms with Gasteiger partial charge in [0.15, 0.2) is 6.10 Å². The van der Waals surface area contributed by atoms with Crippen LogP contribution < -0.4 is 5.73 Å². The molecular formula is C43H78NO8P. The van der Waals surface area contributed by atoms with Gasteiger partial charge in [-0.2, -0.15) is 0 Å². The fraction of sp³-hybridized carbons (Fsp3) is 0.767. The van der Waals surface area contributed by atoms with Crippen LogP contribution in [0.5, 0.6) is 0 Å². The molecule has 2 unspecified atom stereocenters. The minimum atomic E-state index is -4.39. The Morgan fingerprint density at radius 3 is 1.66 bits per heavy atom. The predicted molar refractivity (Wildman–Crippen MR) is 220 cm³/mol. The van der Waals surface area contributed by atoms with E-state index in [9.17, 15) is 19.0 Å². The van der Waals surface area contributed by atoms with Crippen molar-refractivity contribution < 1.29 is 37.6 Å². The lowest BCUT2D eigenvalue weighted by Crippen LogP contribution is -2.29. The van der Waals surface area contributed by atoms with Gasteiger partial charge >= 0.3 is 19.8 Å². The number of hydrogen-bond acceptors (Lipinski definition) is 8. The molecule has 0 radical (unpaired) electrons. The SMILES string of the molecule is CCCCC/C=C/C=C/CCCCCCCCCCCCC(=O)OCC(COP(=O)(O)OCCN)OC(=O)CC/C=C/C/C=C/CCCCCCCC. The number of ether oxygens (including phenoxy) is 2. The summed E-state index contributed by atoms with van der Waals surface area (Å²) in [6.07, 6.45) is 44.4. The molecule has 10 heteroatoms. The van der Waals surface area contributed by atoms with Crippen LogP contribution in [0.4, 0.5) is 0 Å². The quantitative estimate of drug-likeness (QED) is 0.0206. The minimum absolute atomic E-state index is 0.0441. The van der Waals surface area contributed by atoms with Gasteiger partial charge in [-0.1, -0.05) is 159 Å². The molecule has 0 spiro atoms. The van der Waals surface area contributed by atoms with E-state index >= 15 is 0 Å². The molecule has 0 bridgehead atoms. The number of carbonyl (C=O) groups excluding carboxylic acids is 2. The lowest BCUT2D eigenvalue weighted by atomic mass is 10.1. The maximum atomic E-state index is 12.5. The molecule has 0 aromatic heterocycles. The van der Waals surface area contributed by atoms with Gasteiger partial charge in [0, 0.05) is 19.4 Å². The Hall–Kier alpha value is -2.03. The first-order chi connectivity index (χ1) is 25.8. The highest BCUT2D eigenvalue weighted by molar-refractivity contribution is 7.47. The molecular weight excluding hydrogens is 689 g/mol. The van der Waals surface area contributed by atoms with Crippen LogP contribution in [0.15, 0.2) is 48.6 Å². The van der Waals surface area contributed by atoms with Crippen LogP contribution in [0, 0.1) is 0 Å². The Balaban J connectivity index is 4.20. The molecule has 308 valence electrons. The first kappa shape index (κ1) is 51.0. The number of hydrogen-bond donors (Lipinski definition) is 2. The van der Waals surface area contributed by atoms with Gasteiger partial charge in [-0.05, 0) is 57.8 Å². The van der Waals surface area contributed by atoms with Gasteiger partial charge in [0.05, 0.1) is 13.2 Å². The summed E-state index contributed by atoms with van der Waals surface area (Å²) in [6.45, 7) is 3.62. The molecule has 0 aromatic rings. The van der Waals surface area contributed by atoms with Crippen molar-refractivity contribution in [1.29, 1.82) is 0 Å². The normalized spacial score (nSPS) is 13.8. The molecule has 0 saturated heterocycles. The van der Waals surface area contributed by atoms with Crippen LogP contribution in [0.1, 0.15) is 181 Å². The van der Waals surface area contributed by atoms with Gasteiger partial charge in [0.1, 0.15) is 6.61 Å². The third-order valence-corrected chi connectivity index (χ3v) is 9.71. The van der Waals surface area contributed by atoms with Gasteiger partial charge < -0.3 is 20.1 Å². The van der Waals surface area contributed by atoms with Gasteiger partial charge in [-0.3, -0.25) is 18.6 Å². The highest BCUT2D eigenvalue weighted by atomic mass is 31.2. The third-order valence-electron chi connectivity index (χ3n) is 8.73. The molecule has 2 atom stereocenters. The Kier molecular flexibility index (Phi) is 38.1. The molecule has 0 fully saturated rings. The molecule has 0 saturated carbocycles. The van der Waals surface area contributed by atoms with Gasteiger partial charge in [-0.15, -0.1) is 0 Å². The molecule has 0 amide bonds. The molecule has 3 N–H and O–H groups in total. The molecule has 0 aliphatic rings. The van der Waals surface area contributed by atoms with Crippen molar-refractivity contribution in [3.05, 3.63) is 48.6 Å². The second-order valence-corrected chi connectivity index (χ2v) is 15.3. The van der Waals surface area contributed by atoms with Gasteiger partial charge in [-0.25, -0.2) is 4.57 Å². The van der Waals surface area contributed by atoms with E-state index in [4.69, 9.17) is 24.3 Å². The van der Waals surface area contributed by atoms with Crippen LogP contribution >= 0.6 is 7.82 Å². The smallest absolute Gasteiger partial charge is 0.462 e. The maximum absolute atomic E-state index is 12.5. The standard InChI is InChI=1S/C43H78NO8P/c1-3-5-7-9-11-13-15-17-18-19-20-21-22-24-25-27-29-31-33-35-42(45)49-39-41(40-51-53(47,48)50-38-37-44)52-43(46)36-34-32-30-28-26-23-16-14-12-10-8-6-4-2/h11,13,15,17,23,26,30,32,41H,3-10,12,14,16,18-22,24-25,27-29,31,33-40,44H2,1-2H3,(H,47,48)/b13-11+,17-15+,26-23+,32-30+. The van der Waals surface area contributed by atoms with E-state index in [1.165, 1.54) is 103 Å². The Bertz CT molecular complexity index is 1010. The highest BCUT2D eigenvalue weighted by Crippen LogP contribution is 2.43. The van der Waals surface area contributed by atoms with Gasteiger partial charge in [0.25, 0.3) is 0 Å². The number of allylic oxidation sites excluding steroid dienone is 8. The summed E-state index contributed by atoms with van der Waals surface area (Å²) < 4.78 is 32.6. The van der Waals surface area contributed by atoms with Crippen molar-refractivity contribution in [3.63, 3.8) is 0 Å². The molecule has 53 heavy (non-hydrogen) atoms. The molecule has 0 aliphatic heterocycles. The summed E-state index contributed by atoms with van der Waals surface area (Å²) in [4.78, 5) is 34.8. The Morgan fingerprint density at radius 1 is 0.585 bits per heavy atom. The average molecular weight is 768 g/mol. The van der Waals surface area contributed by atoms with E-state index in [-0.39, 0.29) is 32.6 Å². The van der Waals surface area contributed by atoms with Gasteiger partial charge in [0.2, 0.25) is 0 Å². The van der Waals surface area contributed by atoms with Crippen molar-refractivity contribution in [2.24, 2.45) is 5.73 Å². The minimum Gasteiger partial charge on any atom is -0.462 e. The van der Waals surface area contributed by atoms with E-state index in [0.717, 1.165) is 44.9 Å². The zero-order valence-corrected chi connectivity index (χ0v) is 34.6. The fourth-order valence-electron chi connectivity index (χ4n) is 5.56. The second kappa shape index (κ2) is 39.7. The van der Waals surface area contributed by atoms with E-state index < -0.39 is 32.5 Å². The van der Waals surface area contributed by atoms with Crippen LogP contribution in [-0.2, 0) is 32.7 Å². The summed E-state index contributed by atoms with van der Waals surface area (Å²) in [5.41, 5.74) is 5.34. The van der Waals surface area contributed by atoms with Crippen molar-refractivity contribution in [2.45, 2.75) is 187 Å². The number of carbonyl (C=O) groups is 2. The summed E-state index contributed by atoms with van der Waals surface area (Å²) >= 11 is 0. The molecule has 0 aliphatic carbocycles. The van der Waals surface area contributed by atoms with E-state index in [0.29, 0.717) is 6.42 Å². The van der Waals surface area contributed by atoms with Crippen molar-refractivity contribution in [3.8, 4) is 0 Å². The second-order valence-electron chi connectivity index (χ2n) is 13.9. The first-order valence-electron chi connectivity index (χ1n) is 21.1. The monoisotopic (exact) mass is 768 g/mol. The fourth-order valence-corrected chi connectivity index (χ4v) is 6.32. The zero-order chi connectivity index (χ0) is 38.9. The number of unbranched alkanes of at least 4 members (excludes halogenated alkanes) is 19. The lowest BCUT2D eigenvalue weighted by Gasteiger charge is -2.19. The molecule has 0 rings (SSSR count). The van der Waals surface area contributed by atoms with Crippen molar-refractivity contribution in [2.75, 3.05) is 26.4 Å². The van der Waals surface area contributed by atoms with E-state index in [1.54, 1.807) is 0 Å². The third kappa shape index (κ3) is 39.5. The van der Waals surface area contributed by atoms with Crippen molar-refractivity contribution >= 4 is 19.8 Å². The summed E-state index contributed by atoms with van der Waals surface area (Å²) in [5.74, 6) is -0.912. The van der Waals surface area contributed by atoms with Crippen LogP contribution in [0.3, 0.4) is 0 Å². The summed E-state index contributed by atoms with van der Waals surface area (Å²) in [7, 11) is -4.39.